The van der Waals surface area contributed by atoms with Gasteiger partial charge in [-0.15, -0.1) is 10.2 Å². The number of fused-ring (bicyclic) bond motifs is 1. The minimum Gasteiger partial charge on any atom is -0.419 e. The zero-order valence-electron chi connectivity index (χ0n) is 12.7. The van der Waals surface area contributed by atoms with E-state index in [-0.39, 0.29) is 0 Å². The molecular weight excluding hydrogens is 262 g/mol. The highest BCUT2D eigenvalue weighted by Crippen LogP contribution is 2.28. The smallest absolute Gasteiger partial charge is 0.264 e. The minimum absolute atomic E-state index is 0.630. The average Bonchev–Trinajstić information content (AvgIpc) is 3.10. The van der Waals surface area contributed by atoms with E-state index in [0.717, 1.165) is 43.8 Å². The molecule has 110 valence electrons. The number of nitrogens with zero attached hydrogens (tertiary/aromatic N) is 3. The Balaban J connectivity index is 2.02. The molecule has 0 radical (unpaired) electrons. The molecule has 21 heavy (non-hydrogen) atoms. The van der Waals surface area contributed by atoms with Crippen LogP contribution in [0.2, 0.25) is 0 Å². The van der Waals surface area contributed by atoms with Crippen LogP contribution in [0.15, 0.2) is 34.7 Å². The summed E-state index contributed by atoms with van der Waals surface area (Å²) in [5.41, 5.74) is 2.25. The maximum absolute atomic E-state index is 5.85. The van der Waals surface area contributed by atoms with Crippen molar-refractivity contribution in [3.8, 4) is 11.6 Å². The fourth-order valence-corrected chi connectivity index (χ4v) is 2.64. The Bertz CT molecular complexity index is 727. The third-order valence-corrected chi connectivity index (χ3v) is 3.69. The van der Waals surface area contributed by atoms with E-state index in [4.69, 9.17) is 4.42 Å². The highest BCUT2D eigenvalue weighted by molar-refractivity contribution is 5.85. The molecule has 3 aromatic rings. The summed E-state index contributed by atoms with van der Waals surface area (Å²) in [6.45, 7) is 5.30. The van der Waals surface area contributed by atoms with Crippen molar-refractivity contribution >= 4 is 10.9 Å². The van der Waals surface area contributed by atoms with E-state index in [9.17, 15) is 0 Å². The van der Waals surface area contributed by atoms with Gasteiger partial charge in [0.25, 0.3) is 5.89 Å². The molecule has 0 bridgehead atoms. The molecule has 0 atom stereocenters. The Hall–Kier alpha value is -2.10. The molecule has 0 aliphatic heterocycles. The lowest BCUT2D eigenvalue weighted by Crippen LogP contribution is -1.98. The highest BCUT2D eigenvalue weighted by Gasteiger charge is 2.15. The van der Waals surface area contributed by atoms with Gasteiger partial charge in [-0.05, 0) is 25.0 Å². The van der Waals surface area contributed by atoms with Gasteiger partial charge < -0.3 is 8.98 Å². The lowest BCUT2D eigenvalue weighted by Gasteiger charge is -2.06. The molecule has 0 amide bonds. The Labute approximate surface area is 124 Å². The SMILES string of the molecule is CCCCc1nnc(-c2cc3ccccc3n2CCC)o1. The molecule has 0 unspecified atom stereocenters. The van der Waals surface area contributed by atoms with Crippen molar-refractivity contribution in [3.63, 3.8) is 0 Å². The van der Waals surface area contributed by atoms with Gasteiger partial charge >= 0.3 is 0 Å². The number of aromatic nitrogens is 3. The topological polar surface area (TPSA) is 43.9 Å². The van der Waals surface area contributed by atoms with E-state index in [1.54, 1.807) is 0 Å². The van der Waals surface area contributed by atoms with Gasteiger partial charge in [-0.25, -0.2) is 0 Å². The van der Waals surface area contributed by atoms with Crippen molar-refractivity contribution in [2.45, 2.75) is 46.1 Å². The van der Waals surface area contributed by atoms with Crippen molar-refractivity contribution in [1.29, 1.82) is 0 Å². The summed E-state index contributed by atoms with van der Waals surface area (Å²) in [7, 11) is 0. The monoisotopic (exact) mass is 283 g/mol. The van der Waals surface area contributed by atoms with E-state index in [1.165, 1.54) is 10.9 Å². The van der Waals surface area contributed by atoms with Gasteiger partial charge in [0.1, 0.15) is 5.69 Å². The molecule has 0 aliphatic rings. The number of rotatable bonds is 6. The third-order valence-electron chi connectivity index (χ3n) is 3.69. The fraction of sp³-hybridized carbons (Fsp3) is 0.412. The molecule has 0 N–H and O–H groups in total. The van der Waals surface area contributed by atoms with Gasteiger partial charge in [-0.2, -0.15) is 0 Å². The van der Waals surface area contributed by atoms with Crippen molar-refractivity contribution in [1.82, 2.24) is 14.8 Å². The third kappa shape index (κ3) is 2.71. The number of aryl methyl sites for hydroxylation is 2. The lowest BCUT2D eigenvalue weighted by molar-refractivity contribution is 0.491. The van der Waals surface area contributed by atoms with Gasteiger partial charge in [-0.1, -0.05) is 38.5 Å². The summed E-state index contributed by atoms with van der Waals surface area (Å²) in [5, 5.41) is 9.63. The Morgan fingerprint density at radius 2 is 1.95 bits per heavy atom. The average molecular weight is 283 g/mol. The second-order valence-electron chi connectivity index (χ2n) is 5.34. The molecule has 0 spiro atoms. The zero-order valence-corrected chi connectivity index (χ0v) is 12.7. The van der Waals surface area contributed by atoms with Crippen LogP contribution < -0.4 is 0 Å². The van der Waals surface area contributed by atoms with Crippen molar-refractivity contribution < 1.29 is 4.42 Å². The van der Waals surface area contributed by atoms with Gasteiger partial charge in [0.15, 0.2) is 0 Å². The van der Waals surface area contributed by atoms with E-state index in [0.29, 0.717) is 5.89 Å². The first-order valence-electron chi connectivity index (χ1n) is 7.74. The van der Waals surface area contributed by atoms with E-state index in [1.807, 2.05) is 0 Å². The summed E-state index contributed by atoms with van der Waals surface area (Å²) >= 11 is 0. The predicted octanol–water partition coefficient (Wildman–Crippen LogP) is 4.44. The van der Waals surface area contributed by atoms with Crippen LogP contribution in [0.5, 0.6) is 0 Å². The van der Waals surface area contributed by atoms with Crippen LogP contribution >= 0.6 is 0 Å². The van der Waals surface area contributed by atoms with E-state index >= 15 is 0 Å². The fourth-order valence-electron chi connectivity index (χ4n) is 2.64. The molecule has 4 nitrogen and oxygen atoms in total. The summed E-state index contributed by atoms with van der Waals surface area (Å²) in [6, 6.07) is 10.5. The Morgan fingerprint density at radius 1 is 1.10 bits per heavy atom. The summed E-state index contributed by atoms with van der Waals surface area (Å²) in [5.74, 6) is 1.37. The molecular formula is C17H21N3O. The van der Waals surface area contributed by atoms with Crippen LogP contribution in [0.4, 0.5) is 0 Å². The molecule has 1 aromatic carbocycles. The molecule has 2 aromatic heterocycles. The number of unbranched alkanes of at least 4 members (excludes halogenated alkanes) is 1. The van der Waals surface area contributed by atoms with Crippen molar-refractivity contribution in [2.75, 3.05) is 0 Å². The van der Waals surface area contributed by atoms with Crippen LogP contribution in [0.25, 0.3) is 22.5 Å². The Morgan fingerprint density at radius 3 is 2.76 bits per heavy atom. The van der Waals surface area contributed by atoms with Crippen molar-refractivity contribution in [2.24, 2.45) is 0 Å². The first-order chi connectivity index (χ1) is 10.3. The number of para-hydroxylation sites is 1. The van der Waals surface area contributed by atoms with Crippen LogP contribution in [-0.4, -0.2) is 14.8 Å². The van der Waals surface area contributed by atoms with Crippen LogP contribution in [0, 0.1) is 0 Å². The number of hydrogen-bond donors (Lipinski definition) is 0. The molecule has 2 heterocycles. The maximum Gasteiger partial charge on any atom is 0.264 e. The van der Waals surface area contributed by atoms with Gasteiger partial charge in [0, 0.05) is 23.9 Å². The quantitative estimate of drug-likeness (QED) is 0.671. The predicted molar refractivity (Wildman–Crippen MR) is 84.1 cm³/mol. The molecule has 0 aliphatic carbocycles. The van der Waals surface area contributed by atoms with Gasteiger partial charge in [-0.3, -0.25) is 0 Å². The first kappa shape index (κ1) is 13.9. The number of hydrogen-bond acceptors (Lipinski definition) is 3. The summed E-state index contributed by atoms with van der Waals surface area (Å²) in [6.07, 6.45) is 4.15. The standard InChI is InChI=1S/C17H21N3O/c1-3-5-10-16-18-19-17(21-16)15-12-13-8-6-7-9-14(13)20(15)11-4-2/h6-9,12H,3-5,10-11H2,1-2H3. The minimum atomic E-state index is 0.630. The molecule has 0 saturated heterocycles. The molecule has 0 fully saturated rings. The van der Waals surface area contributed by atoms with Gasteiger partial charge in [0.2, 0.25) is 5.89 Å². The Kier molecular flexibility index (Phi) is 4.04. The second-order valence-corrected chi connectivity index (χ2v) is 5.34. The normalized spacial score (nSPS) is 11.3. The molecule has 0 saturated carbocycles. The maximum atomic E-state index is 5.85. The summed E-state index contributed by atoms with van der Waals surface area (Å²) < 4.78 is 8.12. The largest absolute Gasteiger partial charge is 0.419 e. The zero-order chi connectivity index (χ0) is 14.7. The van der Waals surface area contributed by atoms with E-state index < -0.39 is 0 Å². The second kappa shape index (κ2) is 6.12. The molecule has 3 rings (SSSR count). The summed E-state index contributed by atoms with van der Waals surface area (Å²) in [4.78, 5) is 0. The van der Waals surface area contributed by atoms with Crippen LogP contribution in [-0.2, 0) is 13.0 Å². The molecule has 4 heteroatoms. The first-order valence-corrected chi connectivity index (χ1v) is 7.74. The highest BCUT2D eigenvalue weighted by atomic mass is 16.4. The van der Waals surface area contributed by atoms with Crippen LogP contribution in [0.1, 0.15) is 39.0 Å². The van der Waals surface area contributed by atoms with Crippen molar-refractivity contribution in [3.05, 3.63) is 36.2 Å². The van der Waals surface area contributed by atoms with Gasteiger partial charge in [0.05, 0.1) is 0 Å². The van der Waals surface area contributed by atoms with E-state index in [2.05, 4.69) is 58.9 Å². The lowest BCUT2D eigenvalue weighted by atomic mass is 10.2. The van der Waals surface area contributed by atoms with Crippen LogP contribution in [0.3, 0.4) is 0 Å². The number of benzene rings is 1.